The van der Waals surface area contributed by atoms with Crippen molar-refractivity contribution in [3.05, 3.63) is 23.5 Å². The second-order valence-corrected chi connectivity index (χ2v) is 7.53. The van der Waals surface area contributed by atoms with Crippen LogP contribution < -0.4 is 4.74 Å². The van der Waals surface area contributed by atoms with Gasteiger partial charge < -0.3 is 14.4 Å². The normalized spacial score (nSPS) is 21.3. The van der Waals surface area contributed by atoms with E-state index in [4.69, 9.17) is 9.47 Å². The first kappa shape index (κ1) is 18.8. The van der Waals surface area contributed by atoms with Crippen LogP contribution >= 0.6 is 0 Å². The lowest BCUT2D eigenvalue weighted by molar-refractivity contribution is -0.138. The third-order valence-corrected chi connectivity index (χ3v) is 4.30. The van der Waals surface area contributed by atoms with Gasteiger partial charge >= 0.3 is 12.3 Å². The van der Waals surface area contributed by atoms with Crippen LogP contribution in [-0.4, -0.2) is 58.8 Å². The summed E-state index contributed by atoms with van der Waals surface area (Å²) < 4.78 is 49.6. The van der Waals surface area contributed by atoms with Crippen LogP contribution in [0.25, 0.3) is 0 Å². The van der Waals surface area contributed by atoms with Crippen molar-refractivity contribution in [3.8, 4) is 5.75 Å². The topological polar surface area (TPSA) is 54.9 Å². The maximum absolute atomic E-state index is 12.9. The first-order valence-corrected chi connectivity index (χ1v) is 8.44. The Balaban J connectivity index is 1.71. The zero-order chi connectivity index (χ0) is 19.1. The van der Waals surface area contributed by atoms with Gasteiger partial charge in [-0.3, -0.25) is 9.88 Å². The molecule has 9 heteroatoms. The summed E-state index contributed by atoms with van der Waals surface area (Å²) in [5.74, 6) is 0.151. The van der Waals surface area contributed by atoms with Crippen molar-refractivity contribution < 1.29 is 27.4 Å². The van der Waals surface area contributed by atoms with E-state index in [1.807, 2.05) is 0 Å². The molecule has 0 radical (unpaired) electrons. The number of pyridine rings is 1. The molecule has 2 aliphatic rings. The number of hydrogen-bond acceptors (Lipinski definition) is 5. The van der Waals surface area contributed by atoms with Crippen LogP contribution in [0.4, 0.5) is 18.0 Å². The Bertz CT molecular complexity index is 688. The van der Waals surface area contributed by atoms with E-state index in [1.165, 1.54) is 0 Å². The van der Waals surface area contributed by atoms with Gasteiger partial charge in [-0.05, 0) is 26.8 Å². The van der Waals surface area contributed by atoms with Crippen molar-refractivity contribution in [2.45, 2.75) is 45.1 Å². The summed E-state index contributed by atoms with van der Waals surface area (Å²) in [6.45, 7) is 7.45. The van der Waals surface area contributed by atoms with Gasteiger partial charge in [-0.25, -0.2) is 4.79 Å². The maximum atomic E-state index is 12.9. The van der Waals surface area contributed by atoms with E-state index in [2.05, 4.69) is 9.88 Å². The molecule has 1 atom stereocenters. The van der Waals surface area contributed by atoms with Crippen LogP contribution in [0.1, 0.15) is 32.0 Å². The molecule has 1 aromatic rings. The van der Waals surface area contributed by atoms with Crippen LogP contribution in [0.2, 0.25) is 0 Å². The minimum Gasteiger partial charge on any atom is -0.490 e. The van der Waals surface area contributed by atoms with E-state index < -0.39 is 23.4 Å². The van der Waals surface area contributed by atoms with Crippen molar-refractivity contribution >= 4 is 6.09 Å². The molecular weight excluding hydrogens is 351 g/mol. The average Bonchev–Trinajstić information content (AvgIpc) is 2.70. The Hall–Kier alpha value is -2.03. The van der Waals surface area contributed by atoms with Gasteiger partial charge in [0, 0.05) is 32.4 Å². The van der Waals surface area contributed by atoms with Crippen molar-refractivity contribution in [3.63, 3.8) is 0 Å². The Morgan fingerprint density at radius 2 is 2.04 bits per heavy atom. The molecule has 0 unspecified atom stereocenters. The van der Waals surface area contributed by atoms with Gasteiger partial charge in [0.25, 0.3) is 0 Å². The molecule has 26 heavy (non-hydrogen) atoms. The quantitative estimate of drug-likeness (QED) is 0.700. The van der Waals surface area contributed by atoms with Gasteiger partial charge in [-0.1, -0.05) is 0 Å². The number of nitrogens with zero attached hydrogens (tertiary/aromatic N) is 3. The first-order valence-electron chi connectivity index (χ1n) is 8.44. The lowest BCUT2D eigenvalue weighted by Gasteiger charge is -2.40. The van der Waals surface area contributed by atoms with Crippen LogP contribution in [0.15, 0.2) is 12.3 Å². The predicted octanol–water partition coefficient (Wildman–Crippen LogP) is 2.91. The highest BCUT2D eigenvalue weighted by Crippen LogP contribution is 2.34. The SMILES string of the molecule is CC(C)(C)OC(=O)N1CCN2Cc3ncc(C(F)(F)F)cc3OC[C@H]2C1. The Morgan fingerprint density at radius 1 is 1.31 bits per heavy atom. The summed E-state index contributed by atoms with van der Waals surface area (Å²) in [7, 11) is 0. The van der Waals surface area contributed by atoms with Crippen LogP contribution in [0.5, 0.6) is 5.75 Å². The summed E-state index contributed by atoms with van der Waals surface area (Å²) in [6.07, 6.45) is -4.02. The van der Waals surface area contributed by atoms with Gasteiger partial charge in [0.15, 0.2) is 0 Å². The van der Waals surface area contributed by atoms with E-state index in [0.717, 1.165) is 12.3 Å². The number of fused-ring (bicyclic) bond motifs is 2. The number of aromatic nitrogens is 1. The maximum Gasteiger partial charge on any atom is 0.418 e. The van der Waals surface area contributed by atoms with E-state index in [0.29, 0.717) is 31.9 Å². The summed E-state index contributed by atoms with van der Waals surface area (Å²) in [5.41, 5.74) is -0.930. The first-order chi connectivity index (χ1) is 12.0. The molecule has 0 bridgehead atoms. The van der Waals surface area contributed by atoms with Gasteiger partial charge in [-0.2, -0.15) is 13.2 Å². The number of amides is 1. The van der Waals surface area contributed by atoms with Gasteiger partial charge in [-0.15, -0.1) is 0 Å². The van der Waals surface area contributed by atoms with Crippen molar-refractivity contribution in [2.24, 2.45) is 0 Å². The smallest absolute Gasteiger partial charge is 0.418 e. The van der Waals surface area contributed by atoms with Crippen molar-refractivity contribution in [2.75, 3.05) is 26.2 Å². The number of carbonyl (C=O) groups excluding carboxylic acids is 1. The zero-order valence-corrected chi connectivity index (χ0v) is 15.0. The van der Waals surface area contributed by atoms with Crippen LogP contribution in [-0.2, 0) is 17.5 Å². The molecule has 1 amide bonds. The minimum atomic E-state index is -4.46. The molecule has 0 aliphatic carbocycles. The average molecular weight is 373 g/mol. The van der Waals surface area contributed by atoms with Gasteiger partial charge in [0.2, 0.25) is 0 Å². The standard InChI is InChI=1S/C17H22F3N3O3/c1-16(2,3)26-15(24)23-5-4-22-9-13-14(25-10-12(22)8-23)6-11(7-21-13)17(18,19)20/h6-7,12H,4-5,8-10H2,1-3H3/t12-/m1/s1. The largest absolute Gasteiger partial charge is 0.490 e. The fraction of sp³-hybridized carbons (Fsp3) is 0.647. The van der Waals surface area contributed by atoms with E-state index in [-0.39, 0.29) is 18.4 Å². The molecule has 144 valence electrons. The lowest BCUT2D eigenvalue weighted by atomic mass is 10.1. The summed E-state index contributed by atoms with van der Waals surface area (Å²) in [5, 5.41) is 0. The number of hydrogen-bond donors (Lipinski definition) is 0. The predicted molar refractivity (Wildman–Crippen MR) is 86.7 cm³/mol. The molecule has 0 aromatic carbocycles. The number of carbonyl (C=O) groups is 1. The second-order valence-electron chi connectivity index (χ2n) is 7.53. The van der Waals surface area contributed by atoms with Crippen molar-refractivity contribution in [1.29, 1.82) is 0 Å². The molecular formula is C17H22F3N3O3. The molecule has 3 rings (SSSR count). The lowest BCUT2D eigenvalue weighted by Crippen LogP contribution is -2.56. The Morgan fingerprint density at radius 3 is 2.69 bits per heavy atom. The van der Waals surface area contributed by atoms with E-state index >= 15 is 0 Å². The third kappa shape index (κ3) is 4.20. The molecule has 1 aromatic heterocycles. The zero-order valence-electron chi connectivity index (χ0n) is 15.0. The molecule has 0 saturated carbocycles. The summed E-state index contributed by atoms with van der Waals surface area (Å²) in [4.78, 5) is 19.9. The van der Waals surface area contributed by atoms with Crippen LogP contribution in [0.3, 0.4) is 0 Å². The number of ether oxygens (including phenoxy) is 2. The van der Waals surface area contributed by atoms with Crippen LogP contribution in [0, 0.1) is 0 Å². The number of piperazine rings is 1. The summed E-state index contributed by atoms with van der Waals surface area (Å²) in [6, 6.07) is 0.867. The molecule has 0 spiro atoms. The minimum absolute atomic E-state index is 0.125. The van der Waals surface area contributed by atoms with Crippen molar-refractivity contribution in [1.82, 2.24) is 14.8 Å². The molecule has 6 nitrogen and oxygen atoms in total. The highest BCUT2D eigenvalue weighted by Gasteiger charge is 2.36. The Labute approximate surface area is 149 Å². The van der Waals surface area contributed by atoms with E-state index in [9.17, 15) is 18.0 Å². The second kappa shape index (κ2) is 6.61. The fourth-order valence-electron chi connectivity index (χ4n) is 3.00. The highest BCUT2D eigenvalue weighted by molar-refractivity contribution is 5.68. The van der Waals surface area contributed by atoms with Gasteiger partial charge in [0.1, 0.15) is 18.0 Å². The molecule has 1 saturated heterocycles. The number of rotatable bonds is 0. The highest BCUT2D eigenvalue weighted by atomic mass is 19.4. The Kier molecular flexibility index (Phi) is 4.76. The molecule has 2 aliphatic heterocycles. The molecule has 1 fully saturated rings. The van der Waals surface area contributed by atoms with E-state index in [1.54, 1.807) is 25.7 Å². The summed E-state index contributed by atoms with van der Waals surface area (Å²) >= 11 is 0. The molecule has 3 heterocycles. The number of halogens is 3. The monoisotopic (exact) mass is 373 g/mol. The molecule has 0 N–H and O–H groups in total. The third-order valence-electron chi connectivity index (χ3n) is 4.30. The van der Waals surface area contributed by atoms with Gasteiger partial charge in [0.05, 0.1) is 17.3 Å². The fourth-order valence-corrected chi connectivity index (χ4v) is 3.00. The number of alkyl halides is 3.